The van der Waals surface area contributed by atoms with Crippen molar-refractivity contribution in [3.63, 3.8) is 0 Å². The largest absolute Gasteiger partial charge is 0.371 e. The highest BCUT2D eigenvalue weighted by Crippen LogP contribution is 2.38. The maximum atomic E-state index is 5.92. The van der Waals surface area contributed by atoms with E-state index < -0.39 is 0 Å². The van der Waals surface area contributed by atoms with Crippen molar-refractivity contribution in [2.75, 3.05) is 19.7 Å². The van der Waals surface area contributed by atoms with Gasteiger partial charge in [-0.2, -0.15) is 0 Å². The number of hydrogen-bond donors (Lipinski definition) is 1. The monoisotopic (exact) mass is 334 g/mol. The van der Waals surface area contributed by atoms with Crippen molar-refractivity contribution < 1.29 is 4.74 Å². The van der Waals surface area contributed by atoms with Crippen molar-refractivity contribution in [3.05, 3.63) is 33.4 Å². The zero-order valence-corrected chi connectivity index (χ0v) is 13.3. The Morgan fingerprint density at radius 3 is 3.10 bits per heavy atom. The molecule has 0 saturated carbocycles. The lowest BCUT2D eigenvalue weighted by Crippen LogP contribution is -2.33. The van der Waals surface area contributed by atoms with Crippen molar-refractivity contribution in [2.24, 2.45) is 0 Å². The maximum Gasteiger partial charge on any atom is 0.0950 e. The fourth-order valence-electron chi connectivity index (χ4n) is 3.55. The third-order valence-electron chi connectivity index (χ3n) is 4.57. The van der Waals surface area contributed by atoms with Crippen LogP contribution in [-0.4, -0.2) is 24.3 Å². The van der Waals surface area contributed by atoms with Crippen LogP contribution in [0.3, 0.4) is 0 Å². The number of rotatable bonds is 1. The molecule has 1 atom stereocenters. The molecule has 1 unspecified atom stereocenters. The van der Waals surface area contributed by atoms with E-state index in [0.717, 1.165) is 26.2 Å². The summed E-state index contributed by atoms with van der Waals surface area (Å²) < 4.78 is 9.63. The van der Waals surface area contributed by atoms with Crippen LogP contribution in [-0.2, 0) is 17.7 Å². The minimum absolute atomic E-state index is 0.196. The van der Waals surface area contributed by atoms with Gasteiger partial charge in [-0.15, -0.1) is 0 Å². The van der Waals surface area contributed by atoms with Crippen LogP contribution in [0.1, 0.15) is 29.3 Å². The molecule has 0 spiro atoms. The van der Waals surface area contributed by atoms with E-state index in [0.29, 0.717) is 0 Å². The van der Waals surface area contributed by atoms with E-state index >= 15 is 0 Å². The van der Waals surface area contributed by atoms with Crippen molar-refractivity contribution in [2.45, 2.75) is 32.4 Å². The Kier molecular flexibility index (Phi) is 3.13. The van der Waals surface area contributed by atoms with Crippen molar-refractivity contribution in [1.82, 2.24) is 9.88 Å². The molecule has 0 amide bonds. The summed E-state index contributed by atoms with van der Waals surface area (Å²) in [6, 6.07) is 4.68. The van der Waals surface area contributed by atoms with Crippen LogP contribution in [0.2, 0.25) is 0 Å². The molecule has 1 fully saturated rings. The third-order valence-corrected chi connectivity index (χ3v) is 5.57. The van der Waals surface area contributed by atoms with Gasteiger partial charge in [0.05, 0.1) is 18.2 Å². The van der Waals surface area contributed by atoms with Gasteiger partial charge in [0.1, 0.15) is 0 Å². The molecule has 2 aromatic rings. The lowest BCUT2D eigenvalue weighted by atomic mass is 9.97. The van der Waals surface area contributed by atoms with Crippen LogP contribution >= 0.6 is 15.9 Å². The van der Waals surface area contributed by atoms with Gasteiger partial charge < -0.3 is 14.6 Å². The smallest absolute Gasteiger partial charge is 0.0950 e. The second-order valence-electron chi connectivity index (χ2n) is 5.79. The SMILES string of the molecule is Cc1c(Br)c2cc(C3CNCCO3)cc3c2n1CCC3. The first-order valence-electron chi connectivity index (χ1n) is 7.39. The van der Waals surface area contributed by atoms with Gasteiger partial charge in [-0.1, -0.05) is 6.07 Å². The summed E-state index contributed by atoms with van der Waals surface area (Å²) in [5.41, 5.74) is 5.57. The summed E-state index contributed by atoms with van der Waals surface area (Å²) in [4.78, 5) is 0. The number of morpholine rings is 1. The number of hydrogen-bond acceptors (Lipinski definition) is 2. The van der Waals surface area contributed by atoms with Crippen molar-refractivity contribution in [1.29, 1.82) is 0 Å². The number of halogens is 1. The molecular weight excluding hydrogens is 316 g/mol. The zero-order valence-electron chi connectivity index (χ0n) is 11.7. The average molecular weight is 335 g/mol. The Bertz CT molecular complexity index is 671. The number of aromatic nitrogens is 1. The van der Waals surface area contributed by atoms with Gasteiger partial charge in [0, 0.05) is 35.2 Å². The lowest BCUT2D eigenvalue weighted by molar-refractivity contribution is 0.0277. The fraction of sp³-hybridized carbons (Fsp3) is 0.500. The number of aryl methyl sites for hydroxylation is 2. The minimum Gasteiger partial charge on any atom is -0.371 e. The molecular formula is C16H19BrN2O. The van der Waals surface area contributed by atoms with Crippen LogP contribution in [0.15, 0.2) is 16.6 Å². The molecule has 1 N–H and O–H groups in total. The van der Waals surface area contributed by atoms with E-state index in [9.17, 15) is 0 Å². The first-order valence-corrected chi connectivity index (χ1v) is 8.18. The lowest BCUT2D eigenvalue weighted by Gasteiger charge is -2.25. The van der Waals surface area contributed by atoms with Gasteiger partial charge in [-0.05, 0) is 52.9 Å². The average Bonchev–Trinajstić information content (AvgIpc) is 2.75. The van der Waals surface area contributed by atoms with Gasteiger partial charge in [-0.3, -0.25) is 0 Å². The van der Waals surface area contributed by atoms with Crippen LogP contribution in [0.5, 0.6) is 0 Å². The highest BCUT2D eigenvalue weighted by Gasteiger charge is 2.23. The molecule has 106 valence electrons. The van der Waals surface area contributed by atoms with E-state index in [1.54, 1.807) is 0 Å². The van der Waals surface area contributed by atoms with E-state index in [4.69, 9.17) is 4.74 Å². The van der Waals surface area contributed by atoms with Gasteiger partial charge in [0.2, 0.25) is 0 Å². The molecule has 0 aliphatic carbocycles. The molecule has 3 nitrogen and oxygen atoms in total. The van der Waals surface area contributed by atoms with Gasteiger partial charge >= 0.3 is 0 Å². The summed E-state index contributed by atoms with van der Waals surface area (Å²) in [7, 11) is 0. The molecule has 20 heavy (non-hydrogen) atoms. The second kappa shape index (κ2) is 4.86. The molecule has 1 saturated heterocycles. The van der Waals surface area contributed by atoms with Crippen LogP contribution in [0.4, 0.5) is 0 Å². The summed E-state index contributed by atoms with van der Waals surface area (Å²) in [5, 5.41) is 4.77. The van der Waals surface area contributed by atoms with E-state index in [-0.39, 0.29) is 6.10 Å². The summed E-state index contributed by atoms with van der Waals surface area (Å²) in [6.07, 6.45) is 2.61. The fourth-order valence-corrected chi connectivity index (χ4v) is 4.07. The van der Waals surface area contributed by atoms with Crippen LogP contribution < -0.4 is 5.32 Å². The Labute approximate surface area is 127 Å². The Hall–Kier alpha value is -0.840. The summed E-state index contributed by atoms with van der Waals surface area (Å²) in [6.45, 7) is 6.03. The van der Waals surface area contributed by atoms with E-state index in [2.05, 4.69) is 44.9 Å². The van der Waals surface area contributed by atoms with Crippen molar-refractivity contribution in [3.8, 4) is 0 Å². The molecule has 4 rings (SSSR count). The van der Waals surface area contributed by atoms with Crippen molar-refractivity contribution >= 4 is 26.8 Å². The van der Waals surface area contributed by atoms with Gasteiger partial charge in [0.15, 0.2) is 0 Å². The predicted octanol–water partition coefficient (Wildman–Crippen LogP) is 3.32. The highest BCUT2D eigenvalue weighted by molar-refractivity contribution is 9.10. The first kappa shape index (κ1) is 12.9. The number of ether oxygens (including phenoxy) is 1. The standard InChI is InChI=1S/C16H19BrN2O/c1-10-15(17)13-8-12(14-9-18-4-6-20-14)7-11-3-2-5-19(10)16(11)13/h7-8,14,18H,2-6,9H2,1H3. The molecule has 0 radical (unpaired) electrons. The Balaban J connectivity index is 1.91. The van der Waals surface area contributed by atoms with Gasteiger partial charge in [0.25, 0.3) is 0 Å². The molecule has 2 aliphatic heterocycles. The minimum atomic E-state index is 0.196. The Morgan fingerprint density at radius 1 is 1.40 bits per heavy atom. The van der Waals surface area contributed by atoms with Crippen LogP contribution in [0, 0.1) is 6.92 Å². The highest BCUT2D eigenvalue weighted by atomic mass is 79.9. The quantitative estimate of drug-likeness (QED) is 0.865. The first-order chi connectivity index (χ1) is 9.75. The summed E-state index contributed by atoms with van der Waals surface area (Å²) in [5.74, 6) is 0. The van der Waals surface area contributed by atoms with Gasteiger partial charge in [-0.25, -0.2) is 0 Å². The third kappa shape index (κ3) is 1.85. The Morgan fingerprint density at radius 2 is 2.30 bits per heavy atom. The van der Waals surface area contributed by atoms with E-state index in [1.165, 1.54) is 45.0 Å². The molecule has 1 aromatic heterocycles. The molecule has 1 aromatic carbocycles. The normalized spacial score (nSPS) is 22.4. The second-order valence-corrected chi connectivity index (χ2v) is 6.59. The maximum absolute atomic E-state index is 5.92. The van der Waals surface area contributed by atoms with E-state index in [1.807, 2.05) is 0 Å². The number of nitrogens with one attached hydrogen (secondary N) is 1. The molecule has 4 heteroatoms. The molecule has 3 heterocycles. The topological polar surface area (TPSA) is 26.2 Å². The summed E-state index contributed by atoms with van der Waals surface area (Å²) >= 11 is 3.79. The van der Waals surface area contributed by atoms with Crippen LogP contribution in [0.25, 0.3) is 10.9 Å². The zero-order chi connectivity index (χ0) is 13.7. The predicted molar refractivity (Wildman–Crippen MR) is 84.3 cm³/mol. The number of nitrogens with zero attached hydrogens (tertiary/aromatic N) is 1. The molecule has 2 aliphatic rings. The molecule has 0 bridgehead atoms. The number of benzene rings is 1.